The molecule has 2 fully saturated rings. The van der Waals surface area contributed by atoms with Gasteiger partial charge in [-0.25, -0.2) is 0 Å². The van der Waals surface area contributed by atoms with Gasteiger partial charge >= 0.3 is 12.1 Å². The van der Waals surface area contributed by atoms with Crippen LogP contribution in [-0.2, 0) is 17.8 Å². The summed E-state index contributed by atoms with van der Waals surface area (Å²) in [4.78, 5) is 15.6. The number of Topliss-reactive ketones (excluding diaryl/α,β-unsaturated/α-hetero) is 1. The molecule has 2 aromatic rings. The van der Waals surface area contributed by atoms with Crippen LogP contribution in [0.25, 0.3) is 0 Å². The third-order valence-corrected chi connectivity index (χ3v) is 12.9. The standard InChI is InChI=1S/C40H54F5NO2S/c1-28-24-35(47)38(2)19-17-34-33-16-15-32(48-27-29-12-6-4-7-13-29)26-31(33)25-30(36(34)37(28)38)14-8-5-9-20-46(3)21-11-23-49-22-10-18-39(41,42)40(43,44)45/h4,6-7,12-13,15-16,26,28,30,34,36-37H,5,8-11,14,17-25,27H2,1-3H3/t28-,30-,34-,36-,37+,38-/m1/s1. The maximum absolute atomic E-state index is 13.3. The molecule has 0 amide bonds. The molecular weight excluding hydrogens is 654 g/mol. The number of carbonyl (C=O) groups excluding carboxylic acids is 1. The summed E-state index contributed by atoms with van der Waals surface area (Å²) in [6.07, 6.45) is 2.53. The molecule has 0 aromatic heterocycles. The van der Waals surface area contributed by atoms with Crippen molar-refractivity contribution in [2.24, 2.45) is 29.1 Å². The monoisotopic (exact) mass is 707 g/mol. The van der Waals surface area contributed by atoms with Crippen molar-refractivity contribution in [1.82, 2.24) is 4.90 Å². The zero-order chi connectivity index (χ0) is 35.2. The van der Waals surface area contributed by atoms with Crippen LogP contribution in [0.15, 0.2) is 48.5 Å². The highest BCUT2D eigenvalue weighted by atomic mass is 32.2. The summed E-state index contributed by atoms with van der Waals surface area (Å²) in [5.41, 5.74) is 3.86. The average molecular weight is 708 g/mol. The molecule has 0 aliphatic heterocycles. The molecule has 0 unspecified atom stereocenters. The van der Waals surface area contributed by atoms with Gasteiger partial charge in [0.15, 0.2) is 0 Å². The molecule has 3 aliphatic rings. The van der Waals surface area contributed by atoms with E-state index in [1.165, 1.54) is 22.9 Å². The van der Waals surface area contributed by atoms with Crippen molar-refractivity contribution < 1.29 is 31.5 Å². The van der Waals surface area contributed by atoms with Gasteiger partial charge in [0.2, 0.25) is 0 Å². The Morgan fingerprint density at radius 3 is 2.43 bits per heavy atom. The smallest absolute Gasteiger partial charge is 0.453 e. The summed E-state index contributed by atoms with van der Waals surface area (Å²) in [5.74, 6) is 0.319. The van der Waals surface area contributed by atoms with E-state index in [2.05, 4.69) is 56.1 Å². The van der Waals surface area contributed by atoms with Gasteiger partial charge in [0, 0.05) is 18.3 Å². The maximum Gasteiger partial charge on any atom is 0.453 e. The van der Waals surface area contributed by atoms with E-state index in [0.717, 1.165) is 87.9 Å². The Bertz CT molecular complexity index is 1370. The van der Waals surface area contributed by atoms with Crippen molar-refractivity contribution in [2.45, 2.75) is 109 Å². The Kier molecular flexibility index (Phi) is 12.8. The molecule has 3 aliphatic carbocycles. The van der Waals surface area contributed by atoms with Crippen molar-refractivity contribution in [3.63, 3.8) is 0 Å². The molecule has 3 nitrogen and oxygen atoms in total. The number of alkyl halides is 5. The van der Waals surface area contributed by atoms with Gasteiger partial charge in [-0.1, -0.05) is 63.1 Å². The number of fused-ring (bicyclic) bond motifs is 5. The van der Waals surface area contributed by atoms with E-state index >= 15 is 0 Å². The van der Waals surface area contributed by atoms with Crippen molar-refractivity contribution in [3.8, 4) is 5.75 Å². The topological polar surface area (TPSA) is 29.5 Å². The number of benzene rings is 2. The molecule has 0 saturated heterocycles. The van der Waals surface area contributed by atoms with Gasteiger partial charge in [-0.2, -0.15) is 33.7 Å². The van der Waals surface area contributed by atoms with Crippen molar-refractivity contribution in [3.05, 3.63) is 65.2 Å². The fourth-order valence-corrected chi connectivity index (χ4v) is 10.2. The van der Waals surface area contributed by atoms with Gasteiger partial charge in [-0.05, 0) is 135 Å². The zero-order valence-electron chi connectivity index (χ0n) is 29.4. The minimum atomic E-state index is -5.46. The second kappa shape index (κ2) is 16.5. The van der Waals surface area contributed by atoms with E-state index in [1.807, 2.05) is 18.2 Å². The van der Waals surface area contributed by atoms with Crippen LogP contribution in [0.4, 0.5) is 22.0 Å². The van der Waals surface area contributed by atoms with Crippen LogP contribution in [0.2, 0.25) is 0 Å². The van der Waals surface area contributed by atoms with Crippen LogP contribution in [0.5, 0.6) is 5.75 Å². The predicted octanol–water partition coefficient (Wildman–Crippen LogP) is 10.8. The number of ether oxygens (including phenoxy) is 1. The number of nitrogens with zero attached hydrogens (tertiary/aromatic N) is 1. The van der Waals surface area contributed by atoms with E-state index in [0.29, 0.717) is 47.7 Å². The molecule has 0 N–H and O–H groups in total. The number of hydrogen-bond donors (Lipinski definition) is 0. The number of ketones is 1. The number of carbonyl (C=O) groups is 1. The zero-order valence-corrected chi connectivity index (χ0v) is 30.2. The molecule has 0 heterocycles. The second-order valence-corrected chi connectivity index (χ2v) is 16.5. The molecule has 0 radical (unpaired) electrons. The lowest BCUT2D eigenvalue weighted by molar-refractivity contribution is -0.284. The van der Waals surface area contributed by atoms with Crippen LogP contribution in [0.3, 0.4) is 0 Å². The van der Waals surface area contributed by atoms with Gasteiger partial charge in [-0.3, -0.25) is 4.79 Å². The normalized spacial score (nSPS) is 26.8. The minimum absolute atomic E-state index is 0.139. The summed E-state index contributed by atoms with van der Waals surface area (Å²) < 4.78 is 69.3. The number of unbranched alkanes of at least 4 members (excludes halogenated alkanes) is 2. The Hall–Kier alpha value is -2.13. The lowest BCUT2D eigenvalue weighted by Crippen LogP contribution is -2.47. The molecule has 5 rings (SSSR count). The van der Waals surface area contributed by atoms with Gasteiger partial charge in [0.1, 0.15) is 18.1 Å². The highest BCUT2D eigenvalue weighted by Crippen LogP contribution is 2.63. The van der Waals surface area contributed by atoms with E-state index in [1.54, 1.807) is 0 Å². The average Bonchev–Trinajstić information content (AvgIpc) is 3.29. The van der Waals surface area contributed by atoms with Crippen LogP contribution in [-0.4, -0.2) is 54.4 Å². The van der Waals surface area contributed by atoms with Crippen LogP contribution < -0.4 is 4.74 Å². The number of thioether (sulfide) groups is 1. The molecule has 272 valence electrons. The van der Waals surface area contributed by atoms with Gasteiger partial charge in [0.25, 0.3) is 0 Å². The molecule has 2 saturated carbocycles. The first-order valence-corrected chi connectivity index (χ1v) is 19.5. The molecule has 9 heteroatoms. The summed E-state index contributed by atoms with van der Waals surface area (Å²) in [6, 6.07) is 17.0. The highest BCUT2D eigenvalue weighted by molar-refractivity contribution is 7.99. The Labute approximate surface area is 294 Å². The fourth-order valence-electron chi connectivity index (χ4n) is 9.28. The first kappa shape index (κ1) is 38.1. The maximum atomic E-state index is 13.3. The van der Waals surface area contributed by atoms with Crippen molar-refractivity contribution in [2.75, 3.05) is 31.6 Å². The minimum Gasteiger partial charge on any atom is -0.489 e. The summed E-state index contributed by atoms with van der Waals surface area (Å²) in [5, 5.41) is 0. The quantitative estimate of drug-likeness (QED) is 0.121. The third kappa shape index (κ3) is 9.22. The first-order valence-electron chi connectivity index (χ1n) is 18.3. The SMILES string of the molecule is C[C@@H]1CC(=O)[C@@]2(C)CC[C@@H]3c4ccc(OCc5ccccc5)cc4C[C@@H](CCCCCN(C)CCCSCCCC(F)(F)C(F)(F)F)[C@H]3[C@H]12. The largest absolute Gasteiger partial charge is 0.489 e. The molecule has 0 spiro atoms. The molecule has 0 bridgehead atoms. The van der Waals surface area contributed by atoms with Gasteiger partial charge < -0.3 is 9.64 Å². The van der Waals surface area contributed by atoms with Crippen molar-refractivity contribution >= 4 is 17.5 Å². The van der Waals surface area contributed by atoms with Gasteiger partial charge in [-0.15, -0.1) is 0 Å². The second-order valence-electron chi connectivity index (χ2n) is 15.3. The number of halogens is 5. The summed E-state index contributed by atoms with van der Waals surface area (Å²) in [6.45, 7) is 6.99. The van der Waals surface area contributed by atoms with Gasteiger partial charge in [0.05, 0.1) is 0 Å². The Morgan fingerprint density at radius 1 is 0.939 bits per heavy atom. The lowest BCUT2D eigenvalue weighted by atomic mass is 9.51. The highest BCUT2D eigenvalue weighted by Gasteiger charge is 2.59. The lowest BCUT2D eigenvalue weighted by Gasteiger charge is -2.53. The number of rotatable bonds is 17. The van der Waals surface area contributed by atoms with Crippen LogP contribution >= 0.6 is 11.8 Å². The van der Waals surface area contributed by atoms with Crippen LogP contribution in [0.1, 0.15) is 101 Å². The summed E-state index contributed by atoms with van der Waals surface area (Å²) >= 11 is 1.45. The molecule has 6 atom stereocenters. The predicted molar refractivity (Wildman–Crippen MR) is 188 cm³/mol. The first-order chi connectivity index (χ1) is 23.3. The van der Waals surface area contributed by atoms with E-state index < -0.39 is 18.5 Å². The van der Waals surface area contributed by atoms with Crippen LogP contribution in [0, 0.1) is 29.1 Å². The Morgan fingerprint density at radius 2 is 1.67 bits per heavy atom. The fraction of sp³-hybridized carbons (Fsp3) is 0.675. The van der Waals surface area contributed by atoms with Crippen molar-refractivity contribution in [1.29, 1.82) is 0 Å². The Balaban J connectivity index is 1.10. The number of hydrogen-bond acceptors (Lipinski definition) is 4. The summed E-state index contributed by atoms with van der Waals surface area (Å²) in [7, 11) is 2.09. The molecular formula is C40H54F5NO2S. The van der Waals surface area contributed by atoms with E-state index in [4.69, 9.17) is 4.74 Å². The molecule has 49 heavy (non-hydrogen) atoms. The van der Waals surface area contributed by atoms with E-state index in [9.17, 15) is 26.7 Å². The van der Waals surface area contributed by atoms with E-state index in [-0.39, 0.29) is 11.8 Å². The molecule has 2 aromatic carbocycles. The third-order valence-electron chi connectivity index (χ3n) is 11.8.